The summed E-state index contributed by atoms with van der Waals surface area (Å²) < 4.78 is 0. The first-order chi connectivity index (χ1) is 6.22. The van der Waals surface area contributed by atoms with Crippen LogP contribution in [0.5, 0.6) is 0 Å². The van der Waals surface area contributed by atoms with Crippen molar-refractivity contribution in [3.8, 4) is 0 Å². The van der Waals surface area contributed by atoms with Crippen molar-refractivity contribution >= 4 is 17.8 Å². The molecule has 13 heavy (non-hydrogen) atoms. The van der Waals surface area contributed by atoms with Crippen LogP contribution in [0.3, 0.4) is 0 Å². The first-order valence-corrected chi connectivity index (χ1v) is 5.65. The number of amides is 2. The minimum Gasteiger partial charge on any atom is -0.335 e. The van der Waals surface area contributed by atoms with Gasteiger partial charge in [-0.05, 0) is 19.1 Å². The second-order valence-electron chi connectivity index (χ2n) is 3.20. The maximum Gasteiger partial charge on any atom is 0.315 e. The number of thioether (sulfide) groups is 1. The molecule has 0 aromatic heterocycles. The Morgan fingerprint density at radius 3 is 3.08 bits per heavy atom. The Morgan fingerprint density at radius 2 is 2.54 bits per heavy atom. The lowest BCUT2D eigenvalue weighted by Crippen LogP contribution is -2.44. The Balaban J connectivity index is 2.20. The fraction of sp³-hybridized carbons (Fsp3) is 0.667. The zero-order chi connectivity index (χ0) is 9.68. The monoisotopic (exact) mass is 200 g/mol. The number of nitrogens with one attached hydrogen (secondary N) is 2. The summed E-state index contributed by atoms with van der Waals surface area (Å²) in [6.45, 7) is 5.50. The van der Waals surface area contributed by atoms with Gasteiger partial charge in [-0.2, -0.15) is 11.8 Å². The van der Waals surface area contributed by atoms with E-state index in [1.165, 1.54) is 0 Å². The second kappa shape index (κ2) is 5.17. The molecule has 1 aliphatic rings. The zero-order valence-corrected chi connectivity index (χ0v) is 8.69. The maximum absolute atomic E-state index is 11.3. The van der Waals surface area contributed by atoms with Crippen molar-refractivity contribution in [2.45, 2.75) is 25.4 Å². The number of urea groups is 1. The number of hydrogen-bond donors (Lipinski definition) is 2. The van der Waals surface area contributed by atoms with Crippen LogP contribution in [-0.2, 0) is 0 Å². The normalized spacial score (nSPS) is 23.6. The summed E-state index contributed by atoms with van der Waals surface area (Å²) in [5, 5.41) is 5.70. The number of carbonyl (C=O) groups is 1. The molecule has 0 bridgehead atoms. The van der Waals surface area contributed by atoms with Crippen LogP contribution in [-0.4, -0.2) is 29.6 Å². The third-order valence-corrected chi connectivity index (χ3v) is 3.14. The number of hydrogen-bond acceptors (Lipinski definition) is 2. The van der Waals surface area contributed by atoms with Crippen LogP contribution >= 0.6 is 11.8 Å². The summed E-state index contributed by atoms with van der Waals surface area (Å²) in [7, 11) is 0. The largest absolute Gasteiger partial charge is 0.335 e. The third-order valence-electron chi connectivity index (χ3n) is 1.98. The lowest BCUT2D eigenvalue weighted by molar-refractivity contribution is 0.236. The van der Waals surface area contributed by atoms with Crippen LogP contribution in [0.15, 0.2) is 12.7 Å². The van der Waals surface area contributed by atoms with E-state index in [0.717, 1.165) is 17.9 Å². The molecule has 74 valence electrons. The fourth-order valence-corrected chi connectivity index (χ4v) is 2.29. The van der Waals surface area contributed by atoms with Crippen molar-refractivity contribution in [2.75, 3.05) is 11.5 Å². The van der Waals surface area contributed by atoms with Crippen LogP contribution in [0.1, 0.15) is 13.3 Å². The molecule has 0 aliphatic carbocycles. The molecule has 0 aromatic rings. The molecule has 4 heteroatoms. The van der Waals surface area contributed by atoms with Crippen LogP contribution in [0.2, 0.25) is 0 Å². The van der Waals surface area contributed by atoms with E-state index >= 15 is 0 Å². The van der Waals surface area contributed by atoms with E-state index in [4.69, 9.17) is 0 Å². The number of rotatable bonds is 3. The van der Waals surface area contributed by atoms with E-state index in [-0.39, 0.29) is 12.1 Å². The molecule has 1 fully saturated rings. The Labute approximate surface area is 83.3 Å². The molecule has 1 heterocycles. The average molecular weight is 200 g/mol. The summed E-state index contributed by atoms with van der Waals surface area (Å²) in [5.41, 5.74) is 0. The van der Waals surface area contributed by atoms with Gasteiger partial charge in [-0.3, -0.25) is 0 Å². The Kier molecular flexibility index (Phi) is 4.15. The molecule has 2 atom stereocenters. The zero-order valence-electron chi connectivity index (χ0n) is 7.88. The molecule has 2 N–H and O–H groups in total. The van der Waals surface area contributed by atoms with Crippen molar-refractivity contribution in [1.82, 2.24) is 10.6 Å². The summed E-state index contributed by atoms with van der Waals surface area (Å²) in [5.74, 6) is 2.19. The van der Waals surface area contributed by atoms with Gasteiger partial charge in [0.25, 0.3) is 0 Å². The van der Waals surface area contributed by atoms with Gasteiger partial charge >= 0.3 is 6.03 Å². The first-order valence-electron chi connectivity index (χ1n) is 4.49. The van der Waals surface area contributed by atoms with Crippen LogP contribution in [0.4, 0.5) is 4.79 Å². The Hall–Kier alpha value is -0.640. The quantitative estimate of drug-likeness (QED) is 0.675. The Bertz CT molecular complexity index is 190. The minimum atomic E-state index is -0.0834. The predicted octanol–water partition coefficient (Wildman–Crippen LogP) is 1.37. The van der Waals surface area contributed by atoms with Gasteiger partial charge < -0.3 is 10.6 Å². The van der Waals surface area contributed by atoms with Gasteiger partial charge in [0.2, 0.25) is 0 Å². The summed E-state index contributed by atoms with van der Waals surface area (Å²) in [6.07, 6.45) is 2.80. The topological polar surface area (TPSA) is 41.1 Å². The third kappa shape index (κ3) is 3.72. The van der Waals surface area contributed by atoms with Gasteiger partial charge in [-0.25, -0.2) is 4.79 Å². The van der Waals surface area contributed by atoms with Crippen molar-refractivity contribution in [3.05, 3.63) is 12.7 Å². The maximum atomic E-state index is 11.3. The van der Waals surface area contributed by atoms with Gasteiger partial charge in [0, 0.05) is 17.8 Å². The predicted molar refractivity (Wildman–Crippen MR) is 57.1 cm³/mol. The molecule has 2 unspecified atom stereocenters. The summed E-state index contributed by atoms with van der Waals surface area (Å²) >= 11 is 1.89. The summed E-state index contributed by atoms with van der Waals surface area (Å²) in [4.78, 5) is 11.3. The van der Waals surface area contributed by atoms with Crippen LogP contribution in [0, 0.1) is 0 Å². The molecule has 0 aromatic carbocycles. The Morgan fingerprint density at radius 1 is 1.77 bits per heavy atom. The fourth-order valence-electron chi connectivity index (χ4n) is 1.14. The highest BCUT2D eigenvalue weighted by molar-refractivity contribution is 7.99. The van der Waals surface area contributed by atoms with E-state index in [0.29, 0.717) is 6.04 Å². The highest BCUT2D eigenvalue weighted by Crippen LogP contribution is 2.16. The average Bonchev–Trinajstić information content (AvgIpc) is 2.56. The van der Waals surface area contributed by atoms with E-state index in [1.807, 2.05) is 18.7 Å². The van der Waals surface area contributed by atoms with Gasteiger partial charge in [-0.1, -0.05) is 6.08 Å². The molecular weight excluding hydrogens is 184 g/mol. The molecule has 3 nitrogen and oxygen atoms in total. The lowest BCUT2D eigenvalue weighted by atomic mass is 10.3. The van der Waals surface area contributed by atoms with Crippen molar-refractivity contribution in [1.29, 1.82) is 0 Å². The number of carbonyl (C=O) groups excluding carboxylic acids is 1. The first kappa shape index (κ1) is 10.4. The molecule has 1 saturated heterocycles. The van der Waals surface area contributed by atoms with Crippen LogP contribution in [0.25, 0.3) is 0 Å². The van der Waals surface area contributed by atoms with Gasteiger partial charge in [0.1, 0.15) is 0 Å². The smallest absolute Gasteiger partial charge is 0.315 e. The van der Waals surface area contributed by atoms with Gasteiger partial charge in [0.15, 0.2) is 0 Å². The van der Waals surface area contributed by atoms with E-state index < -0.39 is 0 Å². The molecule has 1 aliphatic heterocycles. The molecule has 0 spiro atoms. The van der Waals surface area contributed by atoms with Crippen molar-refractivity contribution in [3.63, 3.8) is 0 Å². The summed E-state index contributed by atoms with van der Waals surface area (Å²) in [6, 6.07) is 0.302. The van der Waals surface area contributed by atoms with Crippen molar-refractivity contribution < 1.29 is 4.79 Å². The molecule has 1 rings (SSSR count). The molecule has 0 radical (unpaired) electrons. The second-order valence-corrected chi connectivity index (χ2v) is 4.35. The van der Waals surface area contributed by atoms with E-state index in [2.05, 4.69) is 17.2 Å². The molecular formula is C9H16N2OS. The van der Waals surface area contributed by atoms with Gasteiger partial charge in [0.05, 0.1) is 0 Å². The molecule has 0 saturated carbocycles. The van der Waals surface area contributed by atoms with E-state index in [9.17, 15) is 4.79 Å². The van der Waals surface area contributed by atoms with Crippen LogP contribution < -0.4 is 10.6 Å². The highest BCUT2D eigenvalue weighted by atomic mass is 32.2. The van der Waals surface area contributed by atoms with Gasteiger partial charge in [-0.15, -0.1) is 6.58 Å². The van der Waals surface area contributed by atoms with E-state index in [1.54, 1.807) is 6.08 Å². The van der Waals surface area contributed by atoms with Crippen molar-refractivity contribution in [2.24, 2.45) is 0 Å². The SMILES string of the molecule is C=CC(C)NC(=O)NC1CCSC1. The molecule has 2 amide bonds. The lowest BCUT2D eigenvalue weighted by Gasteiger charge is -2.14. The highest BCUT2D eigenvalue weighted by Gasteiger charge is 2.17. The standard InChI is InChI=1S/C9H16N2OS/c1-3-7(2)10-9(12)11-8-4-5-13-6-8/h3,7-8H,1,4-6H2,2H3,(H2,10,11,12). The minimum absolute atomic E-state index is 0.0362.